The molecule has 0 N–H and O–H groups in total. The van der Waals surface area contributed by atoms with Gasteiger partial charge in [0.05, 0.1) is 6.04 Å². The second-order valence-corrected chi connectivity index (χ2v) is 7.82. The van der Waals surface area contributed by atoms with Crippen LogP contribution in [0.3, 0.4) is 0 Å². The minimum Gasteiger partial charge on any atom is -0.444 e. The summed E-state index contributed by atoms with van der Waals surface area (Å²) in [5.74, 6) is 0.583. The molecule has 1 amide bonds. The summed E-state index contributed by atoms with van der Waals surface area (Å²) in [4.78, 5) is 17.0. The van der Waals surface area contributed by atoms with Gasteiger partial charge in [-0.25, -0.2) is 4.79 Å². The van der Waals surface area contributed by atoms with Crippen LogP contribution in [0.1, 0.15) is 39.2 Å². The number of fused-ring (bicyclic) bond motifs is 1. The molecule has 2 atom stereocenters. The van der Waals surface area contributed by atoms with Crippen LogP contribution in [0.25, 0.3) is 0 Å². The lowest BCUT2D eigenvalue weighted by molar-refractivity contribution is 0.00621. The number of carbonyl (C=O) groups excluding carboxylic acids is 1. The zero-order chi connectivity index (χ0) is 16.4. The topological polar surface area (TPSA) is 32.8 Å². The first-order chi connectivity index (χ1) is 10.9. The fourth-order valence-electron chi connectivity index (χ4n) is 3.79. The molecule has 4 heteroatoms. The highest BCUT2D eigenvalue weighted by molar-refractivity contribution is 5.69. The highest BCUT2D eigenvalue weighted by Crippen LogP contribution is 2.32. The normalized spacial score (nSPS) is 25.3. The zero-order valence-corrected chi connectivity index (χ0v) is 14.5. The molecule has 0 unspecified atom stereocenters. The van der Waals surface area contributed by atoms with Crippen molar-refractivity contribution in [2.45, 2.75) is 51.8 Å². The molecule has 0 aliphatic carbocycles. The molecule has 0 bridgehead atoms. The Kier molecular flexibility index (Phi) is 4.62. The molecule has 1 aromatic carbocycles. The van der Waals surface area contributed by atoms with Gasteiger partial charge in [0.1, 0.15) is 5.60 Å². The Balaban J connectivity index is 1.64. The Hall–Kier alpha value is -1.55. The van der Waals surface area contributed by atoms with E-state index in [0.29, 0.717) is 12.0 Å². The average molecular weight is 316 g/mol. The number of nitrogens with zero attached hydrogens (tertiary/aromatic N) is 2. The molecule has 2 aliphatic rings. The van der Waals surface area contributed by atoms with E-state index in [1.54, 1.807) is 0 Å². The van der Waals surface area contributed by atoms with Crippen LogP contribution in [0.15, 0.2) is 30.3 Å². The Bertz CT molecular complexity index is 538. The number of rotatable bonds is 2. The predicted octanol–water partition coefficient (Wildman–Crippen LogP) is 3.52. The Labute approximate surface area is 139 Å². The lowest BCUT2D eigenvalue weighted by Gasteiger charge is -2.37. The summed E-state index contributed by atoms with van der Waals surface area (Å²) < 4.78 is 5.61. The van der Waals surface area contributed by atoms with Crippen LogP contribution < -0.4 is 0 Å². The van der Waals surface area contributed by atoms with Crippen molar-refractivity contribution in [3.8, 4) is 0 Å². The van der Waals surface area contributed by atoms with Crippen molar-refractivity contribution in [3.05, 3.63) is 35.9 Å². The summed E-state index contributed by atoms with van der Waals surface area (Å²) in [5, 5.41) is 0. The average Bonchev–Trinajstić information content (AvgIpc) is 2.88. The third-order valence-electron chi connectivity index (χ3n) is 4.73. The smallest absolute Gasteiger partial charge is 0.410 e. The van der Waals surface area contributed by atoms with Crippen LogP contribution in [-0.4, -0.2) is 47.2 Å². The van der Waals surface area contributed by atoms with Crippen LogP contribution >= 0.6 is 0 Å². The number of ether oxygens (including phenoxy) is 1. The summed E-state index contributed by atoms with van der Waals surface area (Å²) in [6, 6.07) is 10.9. The van der Waals surface area contributed by atoms with Gasteiger partial charge in [-0.3, -0.25) is 4.90 Å². The number of carbonyl (C=O) groups is 1. The molecule has 4 nitrogen and oxygen atoms in total. The number of benzene rings is 1. The minimum absolute atomic E-state index is 0.145. The maximum absolute atomic E-state index is 12.5. The van der Waals surface area contributed by atoms with Gasteiger partial charge in [-0.05, 0) is 45.1 Å². The summed E-state index contributed by atoms with van der Waals surface area (Å²) >= 11 is 0. The second-order valence-electron chi connectivity index (χ2n) is 7.82. The maximum atomic E-state index is 12.5. The Morgan fingerprint density at radius 1 is 1.22 bits per heavy atom. The monoisotopic (exact) mass is 316 g/mol. The first-order valence-corrected chi connectivity index (χ1v) is 8.68. The van der Waals surface area contributed by atoms with E-state index >= 15 is 0 Å². The summed E-state index contributed by atoms with van der Waals surface area (Å²) in [7, 11) is 0. The second kappa shape index (κ2) is 6.52. The van der Waals surface area contributed by atoms with Crippen molar-refractivity contribution in [2.24, 2.45) is 5.92 Å². The van der Waals surface area contributed by atoms with Crippen molar-refractivity contribution in [3.63, 3.8) is 0 Å². The number of likely N-dealkylation sites (tertiary alicyclic amines) is 2. The van der Waals surface area contributed by atoms with Crippen molar-refractivity contribution >= 4 is 6.09 Å². The standard InChI is InChI=1S/C19H28N2O2/c1-19(2,3)23-18(22)21-11-7-10-16-13-20(14-17(16)21)12-15-8-5-4-6-9-15/h4-6,8-9,16-17H,7,10-14H2,1-3H3/t16-,17-/m1/s1. The fraction of sp³-hybridized carbons (Fsp3) is 0.632. The molecule has 126 valence electrons. The number of hydrogen-bond donors (Lipinski definition) is 0. The van der Waals surface area contributed by atoms with E-state index in [1.807, 2.05) is 25.7 Å². The van der Waals surface area contributed by atoms with Crippen molar-refractivity contribution < 1.29 is 9.53 Å². The molecule has 0 saturated carbocycles. The molecule has 0 radical (unpaired) electrons. The SMILES string of the molecule is CC(C)(C)OC(=O)N1CCC[C@@H]2CN(Cc3ccccc3)C[C@H]21. The van der Waals surface area contributed by atoms with Crippen molar-refractivity contribution in [1.29, 1.82) is 0 Å². The van der Waals surface area contributed by atoms with E-state index in [0.717, 1.165) is 32.6 Å². The molecule has 0 spiro atoms. The lowest BCUT2D eigenvalue weighted by Crippen LogP contribution is -2.50. The van der Waals surface area contributed by atoms with Gasteiger partial charge in [0.15, 0.2) is 0 Å². The first-order valence-electron chi connectivity index (χ1n) is 8.68. The van der Waals surface area contributed by atoms with Gasteiger partial charge in [0, 0.05) is 26.2 Å². The Morgan fingerprint density at radius 2 is 1.96 bits per heavy atom. The van der Waals surface area contributed by atoms with E-state index in [1.165, 1.54) is 12.0 Å². The van der Waals surface area contributed by atoms with Crippen LogP contribution in [0.4, 0.5) is 4.79 Å². The summed E-state index contributed by atoms with van der Waals surface area (Å²) in [6.45, 7) is 9.64. The Morgan fingerprint density at radius 3 is 2.65 bits per heavy atom. The third kappa shape index (κ3) is 4.05. The lowest BCUT2D eigenvalue weighted by atomic mass is 9.92. The van der Waals surface area contributed by atoms with Gasteiger partial charge < -0.3 is 9.64 Å². The predicted molar refractivity (Wildman–Crippen MR) is 91.2 cm³/mol. The molecule has 23 heavy (non-hydrogen) atoms. The van der Waals surface area contributed by atoms with Gasteiger partial charge in [-0.1, -0.05) is 30.3 Å². The molecule has 0 aromatic heterocycles. The largest absolute Gasteiger partial charge is 0.444 e. The fourth-order valence-corrected chi connectivity index (χ4v) is 3.79. The number of amides is 1. The summed E-state index contributed by atoms with van der Waals surface area (Å²) in [5.41, 5.74) is 0.918. The quantitative estimate of drug-likeness (QED) is 0.837. The minimum atomic E-state index is -0.424. The molecule has 2 aliphatic heterocycles. The van der Waals surface area contributed by atoms with Crippen LogP contribution in [-0.2, 0) is 11.3 Å². The number of hydrogen-bond acceptors (Lipinski definition) is 3. The van der Waals surface area contributed by atoms with E-state index in [9.17, 15) is 4.79 Å². The van der Waals surface area contributed by atoms with Crippen molar-refractivity contribution in [1.82, 2.24) is 9.80 Å². The molecule has 3 rings (SSSR count). The third-order valence-corrected chi connectivity index (χ3v) is 4.73. The van der Waals surface area contributed by atoms with Crippen LogP contribution in [0.2, 0.25) is 0 Å². The van der Waals surface area contributed by atoms with Crippen molar-refractivity contribution in [2.75, 3.05) is 19.6 Å². The van der Waals surface area contributed by atoms with Crippen LogP contribution in [0.5, 0.6) is 0 Å². The molecule has 2 saturated heterocycles. The molecule has 2 fully saturated rings. The highest BCUT2D eigenvalue weighted by Gasteiger charge is 2.42. The summed E-state index contributed by atoms with van der Waals surface area (Å²) in [6.07, 6.45) is 2.16. The van der Waals surface area contributed by atoms with E-state index < -0.39 is 5.60 Å². The van der Waals surface area contributed by atoms with Crippen LogP contribution in [0, 0.1) is 5.92 Å². The van der Waals surface area contributed by atoms with Gasteiger partial charge in [-0.2, -0.15) is 0 Å². The van der Waals surface area contributed by atoms with Gasteiger partial charge in [0.2, 0.25) is 0 Å². The van der Waals surface area contributed by atoms with E-state index in [2.05, 4.69) is 35.2 Å². The van der Waals surface area contributed by atoms with E-state index in [4.69, 9.17) is 4.74 Å². The molecule has 1 aromatic rings. The molecule has 2 heterocycles. The molecular formula is C19H28N2O2. The maximum Gasteiger partial charge on any atom is 0.410 e. The van der Waals surface area contributed by atoms with E-state index in [-0.39, 0.29) is 6.09 Å². The molecular weight excluding hydrogens is 288 g/mol. The van der Waals surface area contributed by atoms with Gasteiger partial charge >= 0.3 is 6.09 Å². The van der Waals surface area contributed by atoms with Gasteiger partial charge in [0.25, 0.3) is 0 Å². The van der Waals surface area contributed by atoms with Gasteiger partial charge in [-0.15, -0.1) is 0 Å². The number of piperidine rings is 1. The highest BCUT2D eigenvalue weighted by atomic mass is 16.6. The first kappa shape index (κ1) is 16.3. The zero-order valence-electron chi connectivity index (χ0n) is 14.5.